The number of nitrogens with one attached hydrogen (secondary N) is 1. The molecule has 1 aromatic carbocycles. The van der Waals surface area contributed by atoms with E-state index in [-0.39, 0.29) is 30.7 Å². The van der Waals surface area contributed by atoms with Crippen molar-refractivity contribution >= 4 is 16.7 Å². The van der Waals surface area contributed by atoms with Crippen molar-refractivity contribution in [3.05, 3.63) is 29.5 Å². The molecule has 2 N–H and O–H groups in total. The molecular weight excluding hydrogens is 396 g/mol. The Morgan fingerprint density at radius 2 is 1.93 bits per heavy atom. The van der Waals surface area contributed by atoms with Gasteiger partial charge in [-0.25, -0.2) is 4.39 Å². The Kier molecular flexibility index (Phi) is 5.69. The van der Waals surface area contributed by atoms with Gasteiger partial charge in [0.25, 0.3) is 0 Å². The highest BCUT2D eigenvalue weighted by Crippen LogP contribution is 2.41. The molecule has 29 heavy (non-hydrogen) atoms. The average Bonchev–Trinajstić information content (AvgIpc) is 3.01. The third-order valence-corrected chi connectivity index (χ3v) is 5.23. The number of alkyl halides is 4. The zero-order valence-electron chi connectivity index (χ0n) is 15.5. The molecule has 0 spiro atoms. The van der Waals surface area contributed by atoms with Crippen molar-refractivity contribution in [1.82, 2.24) is 5.32 Å². The van der Waals surface area contributed by atoms with Gasteiger partial charge in [0.1, 0.15) is 18.4 Å². The minimum absolute atomic E-state index is 0.177. The summed E-state index contributed by atoms with van der Waals surface area (Å²) in [7, 11) is 0. The summed E-state index contributed by atoms with van der Waals surface area (Å²) in [6.45, 7) is 1.19. The Hall–Kier alpha value is -1.88. The summed E-state index contributed by atoms with van der Waals surface area (Å²) in [5, 5.41) is 13.5. The van der Waals surface area contributed by atoms with Gasteiger partial charge in [-0.15, -0.1) is 0 Å². The van der Waals surface area contributed by atoms with Gasteiger partial charge < -0.3 is 23.9 Å². The summed E-state index contributed by atoms with van der Waals surface area (Å²) in [4.78, 5) is 1.88. The number of hydrogen-bond donors (Lipinski definition) is 2. The first-order valence-electron chi connectivity index (χ1n) is 9.46. The lowest BCUT2D eigenvalue weighted by Crippen LogP contribution is -2.39. The maximum Gasteiger partial charge on any atom is 0.416 e. The van der Waals surface area contributed by atoms with Gasteiger partial charge in [-0.3, -0.25) is 5.32 Å². The van der Waals surface area contributed by atoms with E-state index in [0.29, 0.717) is 37.1 Å². The van der Waals surface area contributed by atoms with E-state index in [2.05, 4.69) is 5.32 Å². The predicted molar refractivity (Wildman–Crippen MR) is 96.5 cm³/mol. The maximum absolute atomic E-state index is 13.2. The number of fused-ring (bicyclic) bond motifs is 3. The smallest absolute Gasteiger partial charge is 0.416 e. The monoisotopic (exact) mass is 418 g/mol. The zero-order valence-corrected chi connectivity index (χ0v) is 15.5. The van der Waals surface area contributed by atoms with Gasteiger partial charge in [0, 0.05) is 25.0 Å². The molecule has 0 aliphatic carbocycles. The van der Waals surface area contributed by atoms with Gasteiger partial charge in [0.15, 0.2) is 12.0 Å². The number of ether oxygens (including phenoxy) is 2. The molecule has 2 aliphatic rings. The number of furan rings is 1. The number of anilines is 1. The molecule has 3 atom stereocenters. The number of hydrogen-bond acceptors (Lipinski definition) is 6. The summed E-state index contributed by atoms with van der Waals surface area (Å²) in [5.41, 5.74) is -0.0535. The zero-order chi connectivity index (χ0) is 20.6. The van der Waals surface area contributed by atoms with Gasteiger partial charge in [0.05, 0.1) is 30.6 Å². The Morgan fingerprint density at radius 1 is 1.17 bits per heavy atom. The van der Waals surface area contributed by atoms with Crippen LogP contribution in [-0.4, -0.2) is 56.8 Å². The Morgan fingerprint density at radius 3 is 2.62 bits per heavy atom. The fourth-order valence-electron chi connectivity index (χ4n) is 3.69. The van der Waals surface area contributed by atoms with Crippen LogP contribution in [0.15, 0.2) is 22.6 Å². The largest absolute Gasteiger partial charge is 0.455 e. The van der Waals surface area contributed by atoms with Crippen LogP contribution in [-0.2, 0) is 15.7 Å². The molecule has 0 saturated carbocycles. The number of rotatable bonds is 4. The van der Waals surface area contributed by atoms with E-state index in [4.69, 9.17) is 13.9 Å². The van der Waals surface area contributed by atoms with E-state index in [9.17, 15) is 22.7 Å². The maximum atomic E-state index is 13.2. The van der Waals surface area contributed by atoms with Gasteiger partial charge in [-0.05, 0) is 24.6 Å². The van der Waals surface area contributed by atoms with Crippen LogP contribution in [0.25, 0.3) is 11.0 Å². The summed E-state index contributed by atoms with van der Waals surface area (Å²) in [6, 6.07) is 3.28. The summed E-state index contributed by atoms with van der Waals surface area (Å²) in [6.07, 6.45) is -5.83. The SMILES string of the molecule is OC1NCCN(CCC2COC(CF)CO2)c2c1oc1ccc(C(F)(F)F)cc21. The topological polar surface area (TPSA) is 67.1 Å². The molecule has 0 bridgehead atoms. The number of aliphatic hydroxyl groups excluding tert-OH is 1. The quantitative estimate of drug-likeness (QED) is 0.745. The van der Waals surface area contributed by atoms with Gasteiger partial charge in [-0.2, -0.15) is 13.2 Å². The molecule has 160 valence electrons. The molecule has 0 radical (unpaired) electrons. The van der Waals surface area contributed by atoms with Gasteiger partial charge >= 0.3 is 6.18 Å². The van der Waals surface area contributed by atoms with Crippen molar-refractivity contribution in [3.63, 3.8) is 0 Å². The Bertz CT molecular complexity index is 849. The average molecular weight is 418 g/mol. The van der Waals surface area contributed by atoms with E-state index in [1.807, 2.05) is 4.90 Å². The molecule has 2 aliphatic heterocycles. The summed E-state index contributed by atoms with van der Waals surface area (Å²) < 4.78 is 68.9. The van der Waals surface area contributed by atoms with Crippen LogP contribution in [0.4, 0.5) is 23.2 Å². The van der Waals surface area contributed by atoms with Crippen molar-refractivity contribution < 1.29 is 36.6 Å². The number of nitrogens with zero attached hydrogens (tertiary/aromatic N) is 1. The standard InChI is InChI=1S/C19H22F4N2O4/c20-8-13-10-27-12(9-28-13)3-5-25-6-4-24-18(26)17-16(25)14-7-11(19(21,22)23)1-2-15(14)29-17/h1-2,7,12-13,18,24,26H,3-6,8-10H2. The first-order valence-corrected chi connectivity index (χ1v) is 9.46. The normalized spacial score (nSPS) is 25.8. The van der Waals surface area contributed by atoms with Crippen molar-refractivity contribution in [2.75, 3.05) is 44.4 Å². The molecular formula is C19H22F4N2O4. The summed E-state index contributed by atoms with van der Waals surface area (Å²) >= 11 is 0. The van der Waals surface area contributed by atoms with Crippen LogP contribution < -0.4 is 10.2 Å². The van der Waals surface area contributed by atoms with Crippen molar-refractivity contribution in [2.45, 2.75) is 31.0 Å². The van der Waals surface area contributed by atoms with Gasteiger partial charge in [0.2, 0.25) is 0 Å². The first kappa shape index (κ1) is 20.4. The second-order valence-electron chi connectivity index (χ2n) is 7.22. The fourth-order valence-corrected chi connectivity index (χ4v) is 3.69. The van der Waals surface area contributed by atoms with Crippen LogP contribution in [0.1, 0.15) is 24.0 Å². The first-order chi connectivity index (χ1) is 13.9. The lowest BCUT2D eigenvalue weighted by molar-refractivity contribution is -0.138. The molecule has 6 nitrogen and oxygen atoms in total. The summed E-state index contributed by atoms with van der Waals surface area (Å²) in [5.74, 6) is 0.190. The van der Waals surface area contributed by atoms with Crippen LogP contribution in [0, 0.1) is 0 Å². The molecule has 1 aromatic heterocycles. The van der Waals surface area contributed by atoms with Crippen LogP contribution in [0.2, 0.25) is 0 Å². The second-order valence-corrected chi connectivity index (χ2v) is 7.22. The third-order valence-electron chi connectivity index (χ3n) is 5.23. The highest BCUT2D eigenvalue weighted by atomic mass is 19.4. The molecule has 1 saturated heterocycles. The number of halogens is 4. The number of benzene rings is 1. The van der Waals surface area contributed by atoms with E-state index >= 15 is 0 Å². The molecule has 10 heteroatoms. The van der Waals surface area contributed by atoms with E-state index < -0.39 is 30.7 Å². The molecule has 0 amide bonds. The van der Waals surface area contributed by atoms with Crippen LogP contribution in [0.3, 0.4) is 0 Å². The van der Waals surface area contributed by atoms with E-state index in [0.717, 1.165) is 12.1 Å². The Balaban J connectivity index is 1.60. The minimum atomic E-state index is -4.48. The van der Waals surface area contributed by atoms with Crippen molar-refractivity contribution in [1.29, 1.82) is 0 Å². The predicted octanol–water partition coefficient (Wildman–Crippen LogP) is 3.00. The Labute approximate surface area is 164 Å². The number of aliphatic hydroxyl groups is 1. The van der Waals surface area contributed by atoms with Crippen molar-refractivity contribution in [3.8, 4) is 0 Å². The highest BCUT2D eigenvalue weighted by Gasteiger charge is 2.34. The molecule has 3 unspecified atom stereocenters. The van der Waals surface area contributed by atoms with E-state index in [1.165, 1.54) is 6.07 Å². The third kappa shape index (κ3) is 4.20. The van der Waals surface area contributed by atoms with Gasteiger partial charge in [-0.1, -0.05) is 0 Å². The lowest BCUT2D eigenvalue weighted by atomic mass is 10.1. The molecule has 4 rings (SSSR count). The van der Waals surface area contributed by atoms with Crippen LogP contribution >= 0.6 is 0 Å². The second kappa shape index (κ2) is 8.10. The molecule has 2 aromatic rings. The highest BCUT2D eigenvalue weighted by molar-refractivity contribution is 5.94. The molecule has 1 fully saturated rings. The molecule has 3 heterocycles. The van der Waals surface area contributed by atoms with Crippen LogP contribution in [0.5, 0.6) is 0 Å². The van der Waals surface area contributed by atoms with E-state index in [1.54, 1.807) is 0 Å². The lowest BCUT2D eigenvalue weighted by Gasteiger charge is -2.30. The minimum Gasteiger partial charge on any atom is -0.455 e. The fraction of sp³-hybridized carbons (Fsp3) is 0.579. The van der Waals surface area contributed by atoms with Crippen molar-refractivity contribution in [2.24, 2.45) is 0 Å².